The van der Waals surface area contributed by atoms with Crippen LogP contribution in [0.25, 0.3) is 11.4 Å². The van der Waals surface area contributed by atoms with E-state index in [1.807, 2.05) is 10.7 Å². The molecule has 0 amide bonds. The van der Waals surface area contributed by atoms with Crippen molar-refractivity contribution in [1.29, 1.82) is 0 Å². The highest BCUT2D eigenvalue weighted by Gasteiger charge is 2.33. The molecule has 0 fully saturated rings. The number of aromatic nitrogens is 3. The maximum absolute atomic E-state index is 13.0. The van der Waals surface area contributed by atoms with Gasteiger partial charge in [-0.15, -0.1) is 0 Å². The number of rotatable bonds is 5. The molecule has 8 heteroatoms. The maximum Gasteiger partial charge on any atom is 0.243 e. The van der Waals surface area contributed by atoms with Crippen molar-refractivity contribution in [1.82, 2.24) is 19.1 Å². The Morgan fingerprint density at radius 3 is 2.73 bits per heavy atom. The monoisotopic (exact) mass is 372 g/mol. The van der Waals surface area contributed by atoms with Crippen LogP contribution in [0.1, 0.15) is 24.6 Å². The molecule has 2 aromatic heterocycles. The highest BCUT2D eigenvalue weighted by molar-refractivity contribution is 7.89. The number of benzene rings is 1. The Morgan fingerprint density at radius 1 is 1.23 bits per heavy atom. The second-order valence-corrected chi connectivity index (χ2v) is 8.21. The Kier molecular flexibility index (Phi) is 4.37. The summed E-state index contributed by atoms with van der Waals surface area (Å²) in [6.07, 6.45) is 4.50. The van der Waals surface area contributed by atoms with E-state index in [1.165, 1.54) is 10.7 Å². The van der Waals surface area contributed by atoms with Crippen LogP contribution in [0.15, 0.2) is 52.3 Å². The Morgan fingerprint density at radius 2 is 2.04 bits per heavy atom. The van der Waals surface area contributed by atoms with Gasteiger partial charge in [-0.3, -0.25) is 4.68 Å². The lowest BCUT2D eigenvalue weighted by Gasteiger charge is -2.27. The van der Waals surface area contributed by atoms with E-state index < -0.39 is 10.0 Å². The lowest BCUT2D eigenvalue weighted by atomic mass is 10.1. The van der Waals surface area contributed by atoms with Gasteiger partial charge in [-0.05, 0) is 18.6 Å². The minimum atomic E-state index is -3.54. The van der Waals surface area contributed by atoms with Gasteiger partial charge in [0.2, 0.25) is 10.0 Å². The zero-order valence-corrected chi connectivity index (χ0v) is 15.3. The summed E-state index contributed by atoms with van der Waals surface area (Å²) in [6.45, 7) is 3.63. The van der Waals surface area contributed by atoms with Gasteiger partial charge in [0, 0.05) is 37.3 Å². The average Bonchev–Trinajstić information content (AvgIpc) is 3.30. The molecule has 0 bridgehead atoms. The standard InChI is InChI=1S/C18H20N4O3S/c1-2-9-22-17-8-10-21(26(23,24)14-6-4-3-5-7-14)11-15(17)18(20-22)16-12-25-13-19-16/h3-7,12-13H,2,8-11H2,1H3. The van der Waals surface area contributed by atoms with E-state index in [9.17, 15) is 8.42 Å². The van der Waals surface area contributed by atoms with Gasteiger partial charge in [-0.25, -0.2) is 13.4 Å². The van der Waals surface area contributed by atoms with Gasteiger partial charge in [-0.1, -0.05) is 25.1 Å². The van der Waals surface area contributed by atoms with E-state index in [0.717, 1.165) is 24.2 Å². The molecule has 1 aromatic carbocycles. The van der Waals surface area contributed by atoms with Gasteiger partial charge in [0.25, 0.3) is 0 Å². The summed E-state index contributed by atoms with van der Waals surface area (Å²) in [5, 5.41) is 4.69. The van der Waals surface area contributed by atoms with E-state index in [1.54, 1.807) is 30.5 Å². The first-order valence-corrected chi connectivity index (χ1v) is 10.1. The summed E-state index contributed by atoms with van der Waals surface area (Å²) in [6, 6.07) is 8.54. The lowest BCUT2D eigenvalue weighted by Crippen LogP contribution is -2.36. The van der Waals surface area contributed by atoms with Crippen molar-refractivity contribution >= 4 is 10.0 Å². The molecule has 0 unspecified atom stereocenters. The molecule has 7 nitrogen and oxygen atoms in total. The molecular formula is C18H20N4O3S. The van der Waals surface area contributed by atoms with Gasteiger partial charge < -0.3 is 4.42 Å². The zero-order chi connectivity index (χ0) is 18.1. The van der Waals surface area contributed by atoms with Crippen molar-refractivity contribution in [3.63, 3.8) is 0 Å². The van der Waals surface area contributed by atoms with Crippen molar-refractivity contribution in [2.24, 2.45) is 0 Å². The Labute approximate surface area is 152 Å². The molecule has 136 valence electrons. The van der Waals surface area contributed by atoms with Crippen LogP contribution in [0, 0.1) is 0 Å². The van der Waals surface area contributed by atoms with Gasteiger partial charge in [0.05, 0.1) is 4.90 Å². The summed E-state index contributed by atoms with van der Waals surface area (Å²) in [4.78, 5) is 4.52. The molecule has 0 radical (unpaired) electrons. The molecule has 26 heavy (non-hydrogen) atoms. The van der Waals surface area contributed by atoms with Crippen LogP contribution in [0.3, 0.4) is 0 Å². The molecule has 3 aromatic rings. The molecule has 0 N–H and O–H groups in total. The van der Waals surface area contributed by atoms with Gasteiger partial charge in [-0.2, -0.15) is 9.40 Å². The number of oxazole rings is 1. The van der Waals surface area contributed by atoms with E-state index in [-0.39, 0.29) is 0 Å². The van der Waals surface area contributed by atoms with Crippen LogP contribution >= 0.6 is 0 Å². The third-order valence-corrected chi connectivity index (χ3v) is 6.45. The third-order valence-electron chi connectivity index (χ3n) is 4.59. The number of hydrogen-bond acceptors (Lipinski definition) is 5. The number of sulfonamides is 1. The average molecular weight is 372 g/mol. The zero-order valence-electron chi connectivity index (χ0n) is 14.5. The molecule has 0 spiro atoms. The highest BCUT2D eigenvalue weighted by Crippen LogP contribution is 2.31. The third kappa shape index (κ3) is 2.85. The molecule has 3 heterocycles. The predicted molar refractivity (Wildman–Crippen MR) is 95.8 cm³/mol. The van der Waals surface area contributed by atoms with E-state index in [0.29, 0.717) is 35.8 Å². The molecule has 0 aliphatic carbocycles. The number of fused-ring (bicyclic) bond motifs is 1. The second kappa shape index (κ2) is 6.69. The molecule has 0 atom stereocenters. The SMILES string of the molecule is CCCn1nc(-c2cocn2)c2c1CCN(S(=O)(=O)c1ccccc1)C2. The normalized spacial score (nSPS) is 15.1. The van der Waals surface area contributed by atoms with Crippen LogP contribution in [0.5, 0.6) is 0 Å². The van der Waals surface area contributed by atoms with Crippen LogP contribution in [-0.4, -0.2) is 34.0 Å². The highest BCUT2D eigenvalue weighted by atomic mass is 32.2. The van der Waals surface area contributed by atoms with Crippen LogP contribution in [0.4, 0.5) is 0 Å². The smallest absolute Gasteiger partial charge is 0.243 e. The Balaban J connectivity index is 1.74. The van der Waals surface area contributed by atoms with Crippen LogP contribution in [0.2, 0.25) is 0 Å². The quantitative estimate of drug-likeness (QED) is 0.688. The van der Waals surface area contributed by atoms with E-state index in [2.05, 4.69) is 17.0 Å². The van der Waals surface area contributed by atoms with Gasteiger partial charge >= 0.3 is 0 Å². The summed E-state index contributed by atoms with van der Waals surface area (Å²) in [5.74, 6) is 0. The second-order valence-electron chi connectivity index (χ2n) is 6.27. The Hall–Kier alpha value is -2.45. The number of nitrogens with zero attached hydrogens (tertiary/aromatic N) is 4. The van der Waals surface area contributed by atoms with Crippen molar-refractivity contribution < 1.29 is 12.8 Å². The van der Waals surface area contributed by atoms with Crippen LogP contribution < -0.4 is 0 Å². The van der Waals surface area contributed by atoms with Crippen molar-refractivity contribution in [3.8, 4) is 11.4 Å². The van der Waals surface area contributed by atoms with Crippen LogP contribution in [-0.2, 0) is 29.5 Å². The van der Waals surface area contributed by atoms with E-state index >= 15 is 0 Å². The first-order valence-electron chi connectivity index (χ1n) is 8.63. The molecular weight excluding hydrogens is 352 g/mol. The summed E-state index contributed by atoms with van der Waals surface area (Å²) in [5.41, 5.74) is 3.34. The van der Waals surface area contributed by atoms with Crippen molar-refractivity contribution in [2.45, 2.75) is 37.8 Å². The lowest BCUT2D eigenvalue weighted by molar-refractivity contribution is 0.383. The topological polar surface area (TPSA) is 81.2 Å². The Bertz CT molecular complexity index is 995. The van der Waals surface area contributed by atoms with E-state index in [4.69, 9.17) is 4.42 Å². The summed E-state index contributed by atoms with van der Waals surface area (Å²) >= 11 is 0. The minimum Gasteiger partial charge on any atom is -0.451 e. The van der Waals surface area contributed by atoms with Gasteiger partial charge in [0.1, 0.15) is 17.7 Å². The first kappa shape index (κ1) is 17.0. The summed E-state index contributed by atoms with van der Waals surface area (Å²) in [7, 11) is -3.54. The molecule has 0 saturated heterocycles. The first-order chi connectivity index (χ1) is 12.6. The number of hydrogen-bond donors (Lipinski definition) is 0. The number of aryl methyl sites for hydroxylation is 1. The van der Waals surface area contributed by atoms with Crippen molar-refractivity contribution in [3.05, 3.63) is 54.2 Å². The fraction of sp³-hybridized carbons (Fsp3) is 0.333. The fourth-order valence-corrected chi connectivity index (χ4v) is 4.77. The fourth-order valence-electron chi connectivity index (χ4n) is 3.34. The van der Waals surface area contributed by atoms with Crippen molar-refractivity contribution in [2.75, 3.05) is 6.54 Å². The largest absolute Gasteiger partial charge is 0.451 e. The summed E-state index contributed by atoms with van der Waals surface area (Å²) < 4.78 is 34.6. The molecule has 0 saturated carbocycles. The minimum absolute atomic E-state index is 0.290. The predicted octanol–water partition coefficient (Wildman–Crippen LogP) is 2.70. The molecule has 4 rings (SSSR count). The van der Waals surface area contributed by atoms with Gasteiger partial charge in [0.15, 0.2) is 6.39 Å². The maximum atomic E-state index is 13.0. The molecule has 1 aliphatic heterocycles. The molecule has 1 aliphatic rings.